The normalized spacial score (nSPS) is 17.2. The third-order valence-electron chi connectivity index (χ3n) is 4.57. The van der Waals surface area contributed by atoms with Gasteiger partial charge in [0.2, 0.25) is 0 Å². The number of hydrogen-bond acceptors (Lipinski definition) is 4. The predicted molar refractivity (Wildman–Crippen MR) is 102 cm³/mol. The molecule has 152 valence electrons. The Morgan fingerprint density at radius 3 is 2.63 bits per heavy atom. The number of morpholine rings is 1. The average Bonchev–Trinajstić information content (AvgIpc) is 2.65. The van der Waals surface area contributed by atoms with Crippen LogP contribution in [-0.4, -0.2) is 63.4 Å². The highest BCUT2D eigenvalue weighted by Crippen LogP contribution is 2.16. The molecule has 1 aromatic carbocycles. The third kappa shape index (κ3) is 7.30. The number of aliphatic imine (C=N–C) groups is 1. The first-order valence-corrected chi connectivity index (χ1v) is 9.29. The average molecular weight is 384 g/mol. The Kier molecular flexibility index (Phi) is 8.74. The van der Waals surface area contributed by atoms with Crippen molar-refractivity contribution >= 4 is 5.96 Å². The second kappa shape index (κ2) is 11.0. The van der Waals surface area contributed by atoms with Gasteiger partial charge in [-0.15, -0.1) is 0 Å². The van der Waals surface area contributed by atoms with Crippen molar-refractivity contribution in [2.45, 2.75) is 33.0 Å². The summed E-state index contributed by atoms with van der Waals surface area (Å²) in [6, 6.07) is 7.03. The minimum atomic E-state index is -2.82. The summed E-state index contributed by atoms with van der Waals surface area (Å²) in [5, 5.41) is 6.59. The fourth-order valence-electron chi connectivity index (χ4n) is 3.13. The molecule has 1 aliphatic rings. The van der Waals surface area contributed by atoms with Crippen LogP contribution in [0.3, 0.4) is 0 Å². The first-order chi connectivity index (χ1) is 13.0. The molecule has 0 aliphatic carbocycles. The Labute approximate surface area is 159 Å². The Balaban J connectivity index is 1.86. The highest BCUT2D eigenvalue weighted by atomic mass is 19.3. The van der Waals surface area contributed by atoms with E-state index in [1.165, 1.54) is 6.07 Å². The molecule has 1 aliphatic heterocycles. The third-order valence-corrected chi connectivity index (χ3v) is 4.57. The van der Waals surface area contributed by atoms with Gasteiger partial charge in [-0.25, -0.2) is 0 Å². The summed E-state index contributed by atoms with van der Waals surface area (Å²) in [7, 11) is 1.71. The quantitative estimate of drug-likeness (QED) is 0.532. The standard InChI is InChI=1S/C19H30F2N4O2/c1-14(2)17(25-7-9-26-10-8-25)13-24-19(22-3)23-12-15-5-4-6-16(11-15)27-18(20)21/h4-6,11,14,17-18H,7-10,12-13H2,1-3H3,(H2,22,23,24). The van der Waals surface area contributed by atoms with Gasteiger partial charge in [0, 0.05) is 39.3 Å². The Bertz CT molecular complexity index is 593. The van der Waals surface area contributed by atoms with E-state index < -0.39 is 6.61 Å². The van der Waals surface area contributed by atoms with Crippen LogP contribution in [0.2, 0.25) is 0 Å². The van der Waals surface area contributed by atoms with Crippen LogP contribution in [-0.2, 0) is 11.3 Å². The van der Waals surface area contributed by atoms with Gasteiger partial charge in [-0.3, -0.25) is 9.89 Å². The molecule has 1 aromatic rings. The monoisotopic (exact) mass is 384 g/mol. The van der Waals surface area contributed by atoms with Crippen LogP contribution in [0.1, 0.15) is 19.4 Å². The fourth-order valence-corrected chi connectivity index (χ4v) is 3.13. The van der Waals surface area contributed by atoms with Crippen LogP contribution in [0.25, 0.3) is 0 Å². The smallest absolute Gasteiger partial charge is 0.387 e. The van der Waals surface area contributed by atoms with Crippen LogP contribution in [0.4, 0.5) is 8.78 Å². The number of alkyl halides is 2. The second-order valence-electron chi connectivity index (χ2n) is 6.79. The molecule has 0 radical (unpaired) electrons. The number of ether oxygens (including phenoxy) is 2. The zero-order chi connectivity index (χ0) is 19.6. The molecule has 0 bridgehead atoms. The van der Waals surface area contributed by atoms with E-state index in [1.54, 1.807) is 19.2 Å². The number of rotatable bonds is 8. The van der Waals surface area contributed by atoms with Gasteiger partial charge < -0.3 is 20.1 Å². The molecule has 0 saturated carbocycles. The number of guanidine groups is 1. The van der Waals surface area contributed by atoms with Crippen molar-refractivity contribution in [3.05, 3.63) is 29.8 Å². The lowest BCUT2D eigenvalue weighted by Gasteiger charge is -2.37. The lowest BCUT2D eigenvalue weighted by molar-refractivity contribution is -0.0498. The Hall–Kier alpha value is -1.93. The second-order valence-corrected chi connectivity index (χ2v) is 6.79. The fraction of sp³-hybridized carbons (Fsp3) is 0.632. The van der Waals surface area contributed by atoms with E-state index in [9.17, 15) is 8.78 Å². The van der Waals surface area contributed by atoms with Crippen molar-refractivity contribution in [2.24, 2.45) is 10.9 Å². The van der Waals surface area contributed by atoms with Gasteiger partial charge in [0.1, 0.15) is 5.75 Å². The van der Waals surface area contributed by atoms with Crippen molar-refractivity contribution in [1.29, 1.82) is 0 Å². The van der Waals surface area contributed by atoms with E-state index in [1.807, 2.05) is 6.07 Å². The van der Waals surface area contributed by atoms with Crippen molar-refractivity contribution in [2.75, 3.05) is 39.9 Å². The van der Waals surface area contributed by atoms with Gasteiger partial charge in [-0.2, -0.15) is 8.78 Å². The van der Waals surface area contributed by atoms with Crippen LogP contribution >= 0.6 is 0 Å². The number of halogens is 2. The summed E-state index contributed by atoms with van der Waals surface area (Å²) in [6.45, 7) is 6.26. The highest BCUT2D eigenvalue weighted by Gasteiger charge is 2.23. The minimum absolute atomic E-state index is 0.152. The van der Waals surface area contributed by atoms with Crippen molar-refractivity contribution < 1.29 is 18.3 Å². The molecule has 2 N–H and O–H groups in total. The van der Waals surface area contributed by atoms with Crippen molar-refractivity contribution in [1.82, 2.24) is 15.5 Å². The first kappa shape index (κ1) is 21.4. The lowest BCUT2D eigenvalue weighted by atomic mass is 10.0. The number of nitrogens with one attached hydrogen (secondary N) is 2. The molecular formula is C19H30F2N4O2. The SMILES string of the molecule is CN=C(NCc1cccc(OC(F)F)c1)NCC(C(C)C)N1CCOCC1. The molecule has 6 nitrogen and oxygen atoms in total. The molecule has 0 aromatic heterocycles. The molecule has 1 fully saturated rings. The van der Waals surface area contributed by atoms with E-state index in [-0.39, 0.29) is 5.75 Å². The van der Waals surface area contributed by atoms with E-state index in [0.29, 0.717) is 24.5 Å². The summed E-state index contributed by atoms with van der Waals surface area (Å²) in [5.41, 5.74) is 0.838. The summed E-state index contributed by atoms with van der Waals surface area (Å²) in [6.07, 6.45) is 0. The van der Waals surface area contributed by atoms with Crippen LogP contribution in [0.5, 0.6) is 5.75 Å². The van der Waals surface area contributed by atoms with Crippen LogP contribution < -0.4 is 15.4 Å². The number of hydrogen-bond donors (Lipinski definition) is 2. The number of nitrogens with zero attached hydrogens (tertiary/aromatic N) is 2. The lowest BCUT2D eigenvalue weighted by Crippen LogP contribution is -2.52. The van der Waals surface area contributed by atoms with E-state index in [2.05, 4.69) is 39.1 Å². The van der Waals surface area contributed by atoms with Crippen molar-refractivity contribution in [3.8, 4) is 5.75 Å². The highest BCUT2D eigenvalue weighted by molar-refractivity contribution is 5.79. The van der Waals surface area contributed by atoms with Gasteiger partial charge in [-0.1, -0.05) is 26.0 Å². The molecular weight excluding hydrogens is 354 g/mol. The first-order valence-electron chi connectivity index (χ1n) is 9.29. The summed E-state index contributed by atoms with van der Waals surface area (Å²) in [4.78, 5) is 6.69. The van der Waals surface area contributed by atoms with Gasteiger partial charge >= 0.3 is 6.61 Å². The largest absolute Gasteiger partial charge is 0.435 e. The van der Waals surface area contributed by atoms with Gasteiger partial charge in [0.15, 0.2) is 5.96 Å². The Morgan fingerprint density at radius 1 is 1.26 bits per heavy atom. The van der Waals surface area contributed by atoms with E-state index in [4.69, 9.17) is 4.74 Å². The van der Waals surface area contributed by atoms with Gasteiger partial charge in [-0.05, 0) is 23.6 Å². The van der Waals surface area contributed by atoms with Gasteiger partial charge in [0.25, 0.3) is 0 Å². The summed E-state index contributed by atoms with van der Waals surface area (Å²) >= 11 is 0. The number of benzene rings is 1. The summed E-state index contributed by atoms with van der Waals surface area (Å²) in [5.74, 6) is 1.32. The Morgan fingerprint density at radius 2 is 2.00 bits per heavy atom. The zero-order valence-corrected chi connectivity index (χ0v) is 16.3. The van der Waals surface area contributed by atoms with Crippen molar-refractivity contribution in [3.63, 3.8) is 0 Å². The predicted octanol–water partition coefficient (Wildman–Crippen LogP) is 2.31. The maximum absolute atomic E-state index is 12.3. The maximum Gasteiger partial charge on any atom is 0.387 e. The maximum atomic E-state index is 12.3. The van der Waals surface area contributed by atoms with Crippen LogP contribution in [0, 0.1) is 5.92 Å². The molecule has 1 unspecified atom stereocenters. The van der Waals surface area contributed by atoms with E-state index >= 15 is 0 Å². The minimum Gasteiger partial charge on any atom is -0.435 e. The summed E-state index contributed by atoms with van der Waals surface area (Å²) < 4.78 is 34.6. The molecule has 1 heterocycles. The molecule has 2 rings (SSSR count). The topological polar surface area (TPSA) is 58.1 Å². The van der Waals surface area contributed by atoms with Crippen LogP contribution in [0.15, 0.2) is 29.3 Å². The molecule has 0 spiro atoms. The van der Waals surface area contributed by atoms with Gasteiger partial charge in [0.05, 0.1) is 13.2 Å². The molecule has 27 heavy (non-hydrogen) atoms. The molecule has 0 amide bonds. The van der Waals surface area contributed by atoms with E-state index in [0.717, 1.165) is 38.4 Å². The molecule has 8 heteroatoms. The molecule has 1 atom stereocenters. The zero-order valence-electron chi connectivity index (χ0n) is 16.3. The molecule has 1 saturated heterocycles.